The average Bonchev–Trinajstić information content (AvgIpc) is 3.08. The van der Waals surface area contributed by atoms with Crippen LogP contribution in [0.2, 0.25) is 0 Å². The smallest absolute Gasteiger partial charge is 0.162 e. The van der Waals surface area contributed by atoms with Gasteiger partial charge in [0.1, 0.15) is 0 Å². The molecular formula is C15H19F2N. The molecule has 3 heteroatoms. The zero-order valence-corrected chi connectivity index (χ0v) is 10.5. The Balaban J connectivity index is 1.74. The van der Waals surface area contributed by atoms with E-state index in [9.17, 15) is 8.78 Å². The summed E-state index contributed by atoms with van der Waals surface area (Å²) in [5.74, 6) is -0.706. The molecule has 2 fully saturated rings. The zero-order chi connectivity index (χ0) is 12.5. The van der Waals surface area contributed by atoms with Crippen molar-refractivity contribution < 1.29 is 8.78 Å². The molecule has 0 radical (unpaired) electrons. The maximum absolute atomic E-state index is 13.8. The first-order valence-electron chi connectivity index (χ1n) is 6.93. The van der Waals surface area contributed by atoms with Gasteiger partial charge in [-0.1, -0.05) is 18.6 Å². The van der Waals surface area contributed by atoms with Gasteiger partial charge in [-0.2, -0.15) is 0 Å². The highest BCUT2D eigenvalue weighted by Gasteiger charge is 2.32. The summed E-state index contributed by atoms with van der Waals surface area (Å²) in [6.45, 7) is 0.950. The van der Waals surface area contributed by atoms with Crippen LogP contribution in [0.4, 0.5) is 8.78 Å². The van der Waals surface area contributed by atoms with Gasteiger partial charge in [-0.3, -0.25) is 0 Å². The number of rotatable bonds is 4. The molecule has 0 saturated heterocycles. The van der Waals surface area contributed by atoms with E-state index >= 15 is 0 Å². The first-order chi connectivity index (χ1) is 8.75. The third kappa shape index (κ3) is 2.41. The lowest BCUT2D eigenvalue weighted by molar-refractivity contribution is 0.419. The molecule has 0 aliphatic heterocycles. The van der Waals surface area contributed by atoms with Crippen molar-refractivity contribution in [3.05, 3.63) is 35.4 Å². The summed E-state index contributed by atoms with van der Waals surface area (Å²) in [5.41, 5.74) is 0.579. The van der Waals surface area contributed by atoms with E-state index in [1.807, 2.05) is 0 Å². The predicted octanol–water partition coefficient (Wildman–Crippen LogP) is 3.60. The van der Waals surface area contributed by atoms with Gasteiger partial charge >= 0.3 is 0 Å². The molecule has 2 aliphatic carbocycles. The van der Waals surface area contributed by atoms with Crippen LogP contribution in [0.5, 0.6) is 0 Å². The monoisotopic (exact) mass is 251 g/mol. The third-order valence-corrected chi connectivity index (χ3v) is 4.29. The topological polar surface area (TPSA) is 12.0 Å². The first kappa shape index (κ1) is 12.1. The van der Waals surface area contributed by atoms with E-state index in [2.05, 4.69) is 5.32 Å². The third-order valence-electron chi connectivity index (χ3n) is 4.29. The summed E-state index contributed by atoms with van der Waals surface area (Å²) >= 11 is 0. The van der Waals surface area contributed by atoms with Crippen molar-refractivity contribution in [1.29, 1.82) is 0 Å². The van der Waals surface area contributed by atoms with Gasteiger partial charge in [-0.15, -0.1) is 0 Å². The Labute approximate surface area is 107 Å². The van der Waals surface area contributed by atoms with Crippen LogP contribution >= 0.6 is 0 Å². The van der Waals surface area contributed by atoms with Crippen LogP contribution in [0.25, 0.3) is 0 Å². The molecule has 2 aliphatic rings. The maximum Gasteiger partial charge on any atom is 0.162 e. The maximum atomic E-state index is 13.8. The number of nitrogens with one attached hydrogen (secondary N) is 1. The molecular weight excluding hydrogens is 232 g/mol. The molecule has 98 valence electrons. The lowest BCUT2D eigenvalue weighted by Crippen LogP contribution is -2.26. The van der Waals surface area contributed by atoms with Crippen LogP contribution < -0.4 is 5.32 Å². The lowest BCUT2D eigenvalue weighted by Gasteiger charge is -2.21. The summed E-state index contributed by atoms with van der Waals surface area (Å²) in [6.07, 6.45) is 5.77. The summed E-state index contributed by atoms with van der Waals surface area (Å²) in [7, 11) is 0. The largest absolute Gasteiger partial charge is 0.314 e. The first-order valence-corrected chi connectivity index (χ1v) is 6.93. The molecule has 0 heterocycles. The minimum absolute atomic E-state index is 0.187. The quantitative estimate of drug-likeness (QED) is 0.862. The highest BCUT2D eigenvalue weighted by atomic mass is 19.2. The van der Waals surface area contributed by atoms with Gasteiger partial charge in [0, 0.05) is 6.04 Å². The van der Waals surface area contributed by atoms with Crippen molar-refractivity contribution in [2.24, 2.45) is 5.92 Å². The highest BCUT2D eigenvalue weighted by molar-refractivity contribution is 5.24. The van der Waals surface area contributed by atoms with Crippen molar-refractivity contribution >= 4 is 0 Å². The second kappa shape index (κ2) is 4.96. The van der Waals surface area contributed by atoms with Crippen LogP contribution in [0.15, 0.2) is 18.2 Å². The SMILES string of the molecule is Fc1cccc(C2CCCC2CNC2CC2)c1F. The zero-order valence-electron chi connectivity index (χ0n) is 10.5. The molecule has 18 heavy (non-hydrogen) atoms. The molecule has 1 aromatic carbocycles. The van der Waals surface area contributed by atoms with E-state index in [1.165, 1.54) is 18.9 Å². The summed E-state index contributed by atoms with van der Waals surface area (Å²) in [6, 6.07) is 5.25. The molecule has 1 nitrogen and oxygen atoms in total. The number of hydrogen-bond acceptors (Lipinski definition) is 1. The molecule has 1 N–H and O–H groups in total. The summed E-state index contributed by atoms with van der Waals surface area (Å²) in [4.78, 5) is 0. The Kier molecular flexibility index (Phi) is 3.33. The van der Waals surface area contributed by atoms with Gasteiger partial charge in [-0.05, 0) is 55.7 Å². The minimum Gasteiger partial charge on any atom is -0.314 e. The van der Waals surface area contributed by atoms with E-state index in [-0.39, 0.29) is 5.92 Å². The van der Waals surface area contributed by atoms with Crippen molar-refractivity contribution in [2.45, 2.75) is 44.1 Å². The summed E-state index contributed by atoms with van der Waals surface area (Å²) < 4.78 is 27.1. The Bertz CT molecular complexity index is 429. The normalized spacial score (nSPS) is 27.7. The van der Waals surface area contributed by atoms with Gasteiger partial charge in [-0.25, -0.2) is 8.78 Å². The van der Waals surface area contributed by atoms with Gasteiger partial charge in [0.25, 0.3) is 0 Å². The lowest BCUT2D eigenvalue weighted by atomic mass is 9.88. The molecule has 0 bridgehead atoms. The Hall–Kier alpha value is -0.960. The number of hydrogen-bond donors (Lipinski definition) is 1. The number of benzene rings is 1. The Morgan fingerprint density at radius 2 is 1.94 bits per heavy atom. The molecule has 1 aromatic rings. The second-order valence-corrected chi connectivity index (χ2v) is 5.62. The van der Waals surface area contributed by atoms with Crippen LogP contribution in [0.3, 0.4) is 0 Å². The van der Waals surface area contributed by atoms with Crippen molar-refractivity contribution in [1.82, 2.24) is 5.32 Å². The molecule has 0 spiro atoms. The second-order valence-electron chi connectivity index (χ2n) is 5.62. The molecule has 2 atom stereocenters. The van der Waals surface area contributed by atoms with Crippen LogP contribution in [-0.2, 0) is 0 Å². The minimum atomic E-state index is -0.715. The fourth-order valence-corrected chi connectivity index (χ4v) is 3.10. The fourth-order valence-electron chi connectivity index (χ4n) is 3.10. The van der Waals surface area contributed by atoms with E-state index in [0.717, 1.165) is 25.8 Å². The van der Waals surface area contributed by atoms with E-state index in [1.54, 1.807) is 12.1 Å². The van der Waals surface area contributed by atoms with Crippen LogP contribution in [-0.4, -0.2) is 12.6 Å². The Morgan fingerprint density at radius 1 is 1.11 bits per heavy atom. The molecule has 0 aromatic heterocycles. The van der Waals surface area contributed by atoms with Crippen molar-refractivity contribution in [3.63, 3.8) is 0 Å². The van der Waals surface area contributed by atoms with Crippen LogP contribution in [0, 0.1) is 17.6 Å². The van der Waals surface area contributed by atoms with Gasteiger partial charge in [0.05, 0.1) is 0 Å². The van der Waals surface area contributed by atoms with E-state index in [0.29, 0.717) is 17.5 Å². The number of halogens is 2. The standard InChI is InChI=1S/C15H19F2N/c16-14-6-2-5-13(15(14)17)12-4-1-3-10(12)9-18-11-7-8-11/h2,5-6,10-12,18H,1,3-4,7-9H2. The van der Waals surface area contributed by atoms with Gasteiger partial charge in [0.15, 0.2) is 11.6 Å². The van der Waals surface area contributed by atoms with E-state index in [4.69, 9.17) is 0 Å². The average molecular weight is 251 g/mol. The predicted molar refractivity (Wildman–Crippen MR) is 67.5 cm³/mol. The highest BCUT2D eigenvalue weighted by Crippen LogP contribution is 2.40. The van der Waals surface area contributed by atoms with Crippen molar-refractivity contribution in [2.75, 3.05) is 6.54 Å². The fraction of sp³-hybridized carbons (Fsp3) is 0.600. The Morgan fingerprint density at radius 3 is 2.72 bits per heavy atom. The molecule has 2 unspecified atom stereocenters. The van der Waals surface area contributed by atoms with Gasteiger partial charge < -0.3 is 5.32 Å². The van der Waals surface area contributed by atoms with Crippen LogP contribution in [0.1, 0.15) is 43.6 Å². The molecule has 0 amide bonds. The van der Waals surface area contributed by atoms with Gasteiger partial charge in [0.2, 0.25) is 0 Å². The van der Waals surface area contributed by atoms with E-state index < -0.39 is 11.6 Å². The molecule has 2 saturated carbocycles. The van der Waals surface area contributed by atoms with Crippen molar-refractivity contribution in [3.8, 4) is 0 Å². The molecule has 3 rings (SSSR count). The summed E-state index contributed by atoms with van der Waals surface area (Å²) in [5, 5.41) is 3.52.